The highest BCUT2D eigenvalue weighted by Gasteiger charge is 2.25. The second-order valence-electron chi connectivity index (χ2n) is 6.48. The number of carbonyl (C=O) groups excluding carboxylic acids is 1. The third-order valence-corrected chi connectivity index (χ3v) is 6.47. The number of hydrogen-bond acceptors (Lipinski definition) is 3. The van der Waals surface area contributed by atoms with Crippen molar-refractivity contribution in [1.82, 2.24) is 9.21 Å². The van der Waals surface area contributed by atoms with E-state index >= 15 is 0 Å². The Hall–Kier alpha value is -1.92. The SMILES string of the molecule is C=CCN(CC=C)C(=O)CCc1ccc(S(=O)(=O)N2CCCCC2)cc1. The Bertz CT molecular complexity index is 710. The van der Waals surface area contributed by atoms with Gasteiger partial charge in [-0.15, -0.1) is 13.2 Å². The minimum absolute atomic E-state index is 0.0369. The van der Waals surface area contributed by atoms with E-state index in [0.29, 0.717) is 43.9 Å². The van der Waals surface area contributed by atoms with E-state index in [9.17, 15) is 13.2 Å². The van der Waals surface area contributed by atoms with Crippen molar-refractivity contribution in [3.8, 4) is 0 Å². The first-order valence-corrected chi connectivity index (χ1v) is 10.5. The quantitative estimate of drug-likeness (QED) is 0.623. The van der Waals surface area contributed by atoms with Crippen LogP contribution in [0, 0.1) is 0 Å². The third-order valence-electron chi connectivity index (χ3n) is 4.56. The van der Waals surface area contributed by atoms with Gasteiger partial charge in [0.15, 0.2) is 0 Å². The van der Waals surface area contributed by atoms with Crippen LogP contribution in [0.1, 0.15) is 31.2 Å². The summed E-state index contributed by atoms with van der Waals surface area (Å²) in [5.41, 5.74) is 0.952. The summed E-state index contributed by atoms with van der Waals surface area (Å²) in [4.78, 5) is 14.3. The van der Waals surface area contributed by atoms with Gasteiger partial charge in [-0.2, -0.15) is 4.31 Å². The fraction of sp³-hybridized carbons (Fsp3) is 0.450. The number of rotatable bonds is 9. The van der Waals surface area contributed by atoms with Gasteiger partial charge in [0, 0.05) is 32.6 Å². The fourth-order valence-electron chi connectivity index (χ4n) is 3.08. The van der Waals surface area contributed by atoms with Gasteiger partial charge in [0.25, 0.3) is 0 Å². The van der Waals surface area contributed by atoms with E-state index in [4.69, 9.17) is 0 Å². The molecule has 0 radical (unpaired) electrons. The Labute approximate surface area is 157 Å². The first-order valence-electron chi connectivity index (χ1n) is 9.07. The Morgan fingerprint density at radius 1 is 1.04 bits per heavy atom. The molecule has 0 unspecified atom stereocenters. The largest absolute Gasteiger partial charge is 0.335 e. The summed E-state index contributed by atoms with van der Waals surface area (Å²) in [6, 6.07) is 6.90. The summed E-state index contributed by atoms with van der Waals surface area (Å²) in [5.74, 6) is 0.0369. The Morgan fingerprint density at radius 2 is 1.62 bits per heavy atom. The lowest BCUT2D eigenvalue weighted by Gasteiger charge is -2.25. The third kappa shape index (κ3) is 5.29. The monoisotopic (exact) mass is 376 g/mol. The normalized spacial score (nSPS) is 15.4. The number of carbonyl (C=O) groups is 1. The molecule has 142 valence electrons. The lowest BCUT2D eigenvalue weighted by Crippen LogP contribution is -2.35. The van der Waals surface area contributed by atoms with Crippen molar-refractivity contribution in [2.75, 3.05) is 26.2 Å². The molecule has 26 heavy (non-hydrogen) atoms. The van der Waals surface area contributed by atoms with E-state index in [2.05, 4.69) is 13.2 Å². The Balaban J connectivity index is 1.97. The van der Waals surface area contributed by atoms with Crippen LogP contribution in [0.2, 0.25) is 0 Å². The van der Waals surface area contributed by atoms with Gasteiger partial charge < -0.3 is 4.90 Å². The molecule has 1 saturated heterocycles. The van der Waals surface area contributed by atoms with Crippen LogP contribution >= 0.6 is 0 Å². The van der Waals surface area contributed by atoms with E-state index in [1.54, 1.807) is 45.6 Å². The number of hydrogen-bond donors (Lipinski definition) is 0. The van der Waals surface area contributed by atoms with Gasteiger partial charge >= 0.3 is 0 Å². The van der Waals surface area contributed by atoms with Crippen LogP contribution in [0.5, 0.6) is 0 Å². The zero-order valence-corrected chi connectivity index (χ0v) is 16.1. The van der Waals surface area contributed by atoms with Gasteiger partial charge in [0.2, 0.25) is 15.9 Å². The van der Waals surface area contributed by atoms with Crippen molar-refractivity contribution in [2.45, 2.75) is 37.0 Å². The molecular weight excluding hydrogens is 348 g/mol. The predicted octanol–water partition coefficient (Wildman–Crippen LogP) is 2.99. The average Bonchev–Trinajstić information content (AvgIpc) is 2.67. The smallest absolute Gasteiger partial charge is 0.243 e. The van der Waals surface area contributed by atoms with Gasteiger partial charge in [-0.25, -0.2) is 8.42 Å². The molecule has 5 nitrogen and oxygen atoms in total. The Kier molecular flexibility index (Phi) is 7.60. The number of amides is 1. The van der Waals surface area contributed by atoms with Crippen molar-refractivity contribution in [2.24, 2.45) is 0 Å². The zero-order valence-electron chi connectivity index (χ0n) is 15.3. The maximum Gasteiger partial charge on any atom is 0.243 e. The molecule has 1 aliphatic rings. The standard InChI is InChI=1S/C20H28N2O3S/c1-3-14-21(15-4-2)20(23)13-10-18-8-11-19(12-9-18)26(24,25)22-16-6-5-7-17-22/h3-4,8-9,11-12H,1-2,5-7,10,13-17H2. The minimum Gasteiger partial charge on any atom is -0.335 e. The summed E-state index contributed by atoms with van der Waals surface area (Å²) >= 11 is 0. The summed E-state index contributed by atoms with van der Waals surface area (Å²) in [6.45, 7) is 9.52. The van der Waals surface area contributed by atoms with Crippen molar-refractivity contribution in [3.05, 3.63) is 55.1 Å². The van der Waals surface area contributed by atoms with Crippen LogP contribution in [0.25, 0.3) is 0 Å². The van der Waals surface area contributed by atoms with Gasteiger partial charge in [-0.1, -0.05) is 30.7 Å². The number of aryl methyl sites for hydroxylation is 1. The molecule has 0 aromatic heterocycles. The summed E-state index contributed by atoms with van der Waals surface area (Å²) < 4.78 is 26.9. The van der Waals surface area contributed by atoms with Crippen molar-refractivity contribution in [3.63, 3.8) is 0 Å². The molecule has 0 spiro atoms. The van der Waals surface area contributed by atoms with E-state index in [-0.39, 0.29) is 5.91 Å². The second-order valence-corrected chi connectivity index (χ2v) is 8.42. The molecule has 6 heteroatoms. The topological polar surface area (TPSA) is 57.7 Å². The van der Waals surface area contributed by atoms with Gasteiger partial charge in [0.1, 0.15) is 0 Å². The highest BCUT2D eigenvalue weighted by Crippen LogP contribution is 2.21. The minimum atomic E-state index is -3.40. The second kappa shape index (κ2) is 9.69. The molecule has 1 amide bonds. The molecule has 1 fully saturated rings. The number of nitrogens with zero attached hydrogens (tertiary/aromatic N) is 2. The van der Waals surface area contributed by atoms with Gasteiger partial charge in [-0.3, -0.25) is 4.79 Å². The van der Waals surface area contributed by atoms with E-state index < -0.39 is 10.0 Å². The van der Waals surface area contributed by atoms with Gasteiger partial charge in [-0.05, 0) is 37.0 Å². The van der Waals surface area contributed by atoms with Crippen LogP contribution in [0.3, 0.4) is 0 Å². The Morgan fingerprint density at radius 3 is 2.15 bits per heavy atom. The van der Waals surface area contributed by atoms with Crippen LogP contribution < -0.4 is 0 Å². The van der Waals surface area contributed by atoms with Crippen molar-refractivity contribution < 1.29 is 13.2 Å². The highest BCUT2D eigenvalue weighted by atomic mass is 32.2. The summed E-state index contributed by atoms with van der Waals surface area (Å²) in [7, 11) is -3.40. The van der Waals surface area contributed by atoms with Crippen molar-refractivity contribution >= 4 is 15.9 Å². The molecule has 1 aliphatic heterocycles. The molecule has 0 bridgehead atoms. The van der Waals surface area contributed by atoms with Crippen LogP contribution in [0.4, 0.5) is 0 Å². The number of benzene rings is 1. The first kappa shape index (κ1) is 20.4. The summed E-state index contributed by atoms with van der Waals surface area (Å²) in [5, 5.41) is 0. The maximum absolute atomic E-state index is 12.6. The molecule has 1 aromatic carbocycles. The molecule has 0 atom stereocenters. The van der Waals surface area contributed by atoms with Crippen LogP contribution in [-0.2, 0) is 21.2 Å². The molecule has 2 rings (SSSR count). The van der Waals surface area contributed by atoms with Crippen molar-refractivity contribution in [1.29, 1.82) is 0 Å². The lowest BCUT2D eigenvalue weighted by atomic mass is 10.1. The zero-order chi connectivity index (χ0) is 19.0. The van der Waals surface area contributed by atoms with E-state index in [0.717, 1.165) is 24.8 Å². The molecular formula is C20H28N2O3S. The first-order chi connectivity index (χ1) is 12.5. The highest BCUT2D eigenvalue weighted by molar-refractivity contribution is 7.89. The van der Waals surface area contributed by atoms with E-state index in [1.165, 1.54) is 0 Å². The molecule has 0 N–H and O–H groups in total. The van der Waals surface area contributed by atoms with Crippen LogP contribution in [0.15, 0.2) is 54.5 Å². The molecule has 1 aromatic rings. The molecule has 0 aliphatic carbocycles. The molecule has 0 saturated carbocycles. The lowest BCUT2D eigenvalue weighted by molar-refractivity contribution is -0.130. The van der Waals surface area contributed by atoms with E-state index in [1.807, 2.05) is 0 Å². The average molecular weight is 377 g/mol. The number of sulfonamides is 1. The fourth-order valence-corrected chi connectivity index (χ4v) is 4.60. The summed E-state index contributed by atoms with van der Waals surface area (Å²) in [6.07, 6.45) is 7.28. The number of piperidine rings is 1. The predicted molar refractivity (Wildman–Crippen MR) is 104 cm³/mol. The maximum atomic E-state index is 12.6. The molecule has 1 heterocycles. The van der Waals surface area contributed by atoms with Crippen LogP contribution in [-0.4, -0.2) is 49.7 Å². The van der Waals surface area contributed by atoms with Gasteiger partial charge in [0.05, 0.1) is 4.90 Å².